The van der Waals surface area contributed by atoms with Crippen LogP contribution >= 0.6 is 0 Å². The Morgan fingerprint density at radius 1 is 1.10 bits per heavy atom. The van der Waals surface area contributed by atoms with Crippen molar-refractivity contribution in [3.63, 3.8) is 0 Å². The van der Waals surface area contributed by atoms with Gasteiger partial charge in [-0.2, -0.15) is 0 Å². The number of nitrogens with zero attached hydrogens (tertiary/aromatic N) is 2. The second kappa shape index (κ2) is 8.14. The third kappa shape index (κ3) is 3.85. The van der Waals surface area contributed by atoms with E-state index in [2.05, 4.69) is 44.8 Å². The largest absolute Gasteiger partial charge is 0.425 e. The number of amides is 1. The standard InChI is InChI=1S/C24H24N4O2/c29-22(26-21-11-5-7-16-6-1-2-8-18(16)21)12-13-23-27-28-24(30-23)14-17-15-25-20-10-4-3-9-19(17)20/h1-4,6,8-10,15,21,25H,5,7,11-14H2,(H,26,29). The van der Waals surface area contributed by atoms with Gasteiger partial charge < -0.3 is 14.7 Å². The van der Waals surface area contributed by atoms with Crippen LogP contribution in [0.4, 0.5) is 0 Å². The molecule has 0 spiro atoms. The van der Waals surface area contributed by atoms with E-state index in [4.69, 9.17) is 4.42 Å². The van der Waals surface area contributed by atoms with Crippen LogP contribution in [0.1, 0.15) is 53.8 Å². The summed E-state index contributed by atoms with van der Waals surface area (Å²) in [7, 11) is 0. The maximum Gasteiger partial charge on any atom is 0.221 e. The van der Waals surface area contributed by atoms with Gasteiger partial charge in [0.05, 0.1) is 12.5 Å². The zero-order valence-electron chi connectivity index (χ0n) is 16.7. The third-order valence-electron chi connectivity index (χ3n) is 5.80. The molecule has 1 aliphatic rings. The van der Waals surface area contributed by atoms with E-state index >= 15 is 0 Å². The van der Waals surface area contributed by atoms with Gasteiger partial charge in [-0.05, 0) is 42.0 Å². The van der Waals surface area contributed by atoms with Gasteiger partial charge in [-0.25, -0.2) is 0 Å². The summed E-state index contributed by atoms with van der Waals surface area (Å²) in [6, 6.07) is 16.6. The molecule has 4 aromatic rings. The monoisotopic (exact) mass is 400 g/mol. The molecule has 6 heteroatoms. The van der Waals surface area contributed by atoms with Crippen LogP contribution in [0.3, 0.4) is 0 Å². The van der Waals surface area contributed by atoms with Crippen LogP contribution in [0.5, 0.6) is 0 Å². The first-order chi connectivity index (χ1) is 14.8. The molecule has 2 N–H and O–H groups in total. The summed E-state index contributed by atoms with van der Waals surface area (Å²) < 4.78 is 5.79. The van der Waals surface area contributed by atoms with Gasteiger partial charge in [0.2, 0.25) is 17.7 Å². The van der Waals surface area contributed by atoms with Crippen molar-refractivity contribution in [3.8, 4) is 0 Å². The highest BCUT2D eigenvalue weighted by atomic mass is 16.4. The van der Waals surface area contributed by atoms with Gasteiger partial charge >= 0.3 is 0 Å². The first kappa shape index (κ1) is 18.6. The number of carbonyl (C=O) groups excluding carboxylic acids is 1. The molecule has 0 aliphatic heterocycles. The SMILES string of the molecule is O=C(CCc1nnc(Cc2c[nH]c3ccccc23)o1)NC1CCCc2ccccc21. The molecule has 0 radical (unpaired) electrons. The van der Waals surface area contributed by atoms with Crippen molar-refractivity contribution >= 4 is 16.8 Å². The quantitative estimate of drug-likeness (QED) is 0.506. The highest BCUT2D eigenvalue weighted by Crippen LogP contribution is 2.29. The van der Waals surface area contributed by atoms with E-state index in [9.17, 15) is 4.79 Å². The highest BCUT2D eigenvalue weighted by Gasteiger charge is 2.21. The lowest BCUT2D eigenvalue weighted by Crippen LogP contribution is -2.31. The smallest absolute Gasteiger partial charge is 0.221 e. The maximum absolute atomic E-state index is 12.5. The Kier molecular flexibility index (Phi) is 5.05. The fourth-order valence-electron chi connectivity index (χ4n) is 4.29. The lowest BCUT2D eigenvalue weighted by molar-refractivity contribution is -0.122. The Balaban J connectivity index is 1.18. The molecule has 1 atom stereocenters. The van der Waals surface area contributed by atoms with E-state index in [0.29, 0.717) is 31.0 Å². The van der Waals surface area contributed by atoms with Crippen LogP contribution in [0, 0.1) is 0 Å². The number of nitrogens with one attached hydrogen (secondary N) is 2. The van der Waals surface area contributed by atoms with Crippen molar-refractivity contribution in [2.45, 2.75) is 44.6 Å². The number of aromatic nitrogens is 3. The first-order valence-corrected chi connectivity index (χ1v) is 10.5. The van der Waals surface area contributed by atoms with Crippen molar-refractivity contribution in [1.29, 1.82) is 0 Å². The molecule has 1 aliphatic carbocycles. The Morgan fingerprint density at radius 3 is 2.90 bits per heavy atom. The van der Waals surface area contributed by atoms with Crippen LogP contribution < -0.4 is 5.32 Å². The Hall–Kier alpha value is -3.41. The molecule has 2 heterocycles. The van der Waals surface area contributed by atoms with Gasteiger partial charge in [0.15, 0.2) is 0 Å². The Morgan fingerprint density at radius 2 is 1.93 bits per heavy atom. The Bertz CT molecular complexity index is 1180. The molecular formula is C24H24N4O2. The van der Waals surface area contributed by atoms with Gasteiger partial charge in [-0.15, -0.1) is 10.2 Å². The number of hydrogen-bond acceptors (Lipinski definition) is 4. The molecule has 0 fully saturated rings. The minimum Gasteiger partial charge on any atom is -0.425 e. The Labute approximate surface area is 174 Å². The normalized spacial score (nSPS) is 15.8. The van der Waals surface area contributed by atoms with Crippen LogP contribution in [-0.4, -0.2) is 21.1 Å². The fraction of sp³-hybridized carbons (Fsp3) is 0.292. The highest BCUT2D eigenvalue weighted by molar-refractivity contribution is 5.83. The summed E-state index contributed by atoms with van der Waals surface area (Å²) in [5.41, 5.74) is 4.80. The summed E-state index contributed by atoms with van der Waals surface area (Å²) in [5, 5.41) is 12.6. The summed E-state index contributed by atoms with van der Waals surface area (Å²) in [5.74, 6) is 1.09. The molecule has 152 valence electrons. The summed E-state index contributed by atoms with van der Waals surface area (Å²) in [6.07, 6.45) is 6.51. The molecule has 0 saturated heterocycles. The topological polar surface area (TPSA) is 83.8 Å². The number of H-pyrrole nitrogens is 1. The van der Waals surface area contributed by atoms with Gasteiger partial charge in [0, 0.05) is 29.9 Å². The molecule has 1 amide bonds. The maximum atomic E-state index is 12.5. The van der Waals surface area contributed by atoms with Gasteiger partial charge in [-0.1, -0.05) is 42.5 Å². The number of hydrogen-bond donors (Lipinski definition) is 2. The molecule has 2 aromatic carbocycles. The molecule has 1 unspecified atom stereocenters. The van der Waals surface area contributed by atoms with E-state index in [1.54, 1.807) is 0 Å². The lowest BCUT2D eigenvalue weighted by atomic mass is 9.87. The minimum absolute atomic E-state index is 0.0214. The van der Waals surface area contributed by atoms with Crippen molar-refractivity contribution < 1.29 is 9.21 Å². The molecule has 0 saturated carbocycles. The molecule has 5 rings (SSSR count). The van der Waals surface area contributed by atoms with E-state index in [1.165, 1.54) is 11.1 Å². The lowest BCUT2D eigenvalue weighted by Gasteiger charge is -2.26. The summed E-state index contributed by atoms with van der Waals surface area (Å²) in [6.45, 7) is 0. The first-order valence-electron chi connectivity index (χ1n) is 10.5. The third-order valence-corrected chi connectivity index (χ3v) is 5.80. The summed E-state index contributed by atoms with van der Waals surface area (Å²) >= 11 is 0. The van der Waals surface area contributed by atoms with Crippen LogP contribution in [0.2, 0.25) is 0 Å². The van der Waals surface area contributed by atoms with E-state index in [-0.39, 0.29) is 11.9 Å². The fourth-order valence-corrected chi connectivity index (χ4v) is 4.29. The average molecular weight is 400 g/mol. The van der Waals surface area contributed by atoms with E-state index in [0.717, 1.165) is 35.7 Å². The summed E-state index contributed by atoms with van der Waals surface area (Å²) in [4.78, 5) is 15.8. The number of aromatic amines is 1. The van der Waals surface area contributed by atoms with E-state index in [1.807, 2.05) is 30.5 Å². The molecular weight excluding hydrogens is 376 g/mol. The number of para-hydroxylation sites is 1. The van der Waals surface area contributed by atoms with Crippen LogP contribution in [-0.2, 0) is 24.1 Å². The molecule has 2 aromatic heterocycles. The number of rotatable bonds is 6. The van der Waals surface area contributed by atoms with Crippen molar-refractivity contribution in [1.82, 2.24) is 20.5 Å². The minimum atomic E-state index is 0.0214. The zero-order valence-corrected chi connectivity index (χ0v) is 16.7. The van der Waals surface area contributed by atoms with Crippen molar-refractivity contribution in [2.24, 2.45) is 0 Å². The van der Waals surface area contributed by atoms with E-state index < -0.39 is 0 Å². The zero-order chi connectivity index (χ0) is 20.3. The van der Waals surface area contributed by atoms with Crippen molar-refractivity contribution in [3.05, 3.63) is 83.2 Å². The second-order valence-electron chi connectivity index (χ2n) is 7.84. The second-order valence-corrected chi connectivity index (χ2v) is 7.84. The number of fused-ring (bicyclic) bond motifs is 2. The van der Waals surface area contributed by atoms with Crippen molar-refractivity contribution in [2.75, 3.05) is 0 Å². The van der Waals surface area contributed by atoms with Gasteiger partial charge in [-0.3, -0.25) is 4.79 Å². The number of aryl methyl sites for hydroxylation is 2. The average Bonchev–Trinajstić information content (AvgIpc) is 3.40. The molecule has 6 nitrogen and oxygen atoms in total. The molecule has 30 heavy (non-hydrogen) atoms. The predicted molar refractivity (Wildman–Crippen MR) is 114 cm³/mol. The number of benzene rings is 2. The number of carbonyl (C=O) groups is 1. The van der Waals surface area contributed by atoms with Crippen LogP contribution in [0.25, 0.3) is 10.9 Å². The van der Waals surface area contributed by atoms with Gasteiger partial charge in [0.1, 0.15) is 0 Å². The van der Waals surface area contributed by atoms with Gasteiger partial charge in [0.25, 0.3) is 0 Å². The predicted octanol–water partition coefficient (Wildman–Crippen LogP) is 4.27. The van der Waals surface area contributed by atoms with Crippen LogP contribution in [0.15, 0.2) is 59.1 Å². The molecule has 0 bridgehead atoms.